The van der Waals surface area contributed by atoms with Crippen molar-refractivity contribution in [3.05, 3.63) is 36.2 Å². The van der Waals surface area contributed by atoms with Gasteiger partial charge in [0.05, 0.1) is 12.3 Å². The molecule has 0 amide bonds. The summed E-state index contributed by atoms with van der Waals surface area (Å²) in [7, 11) is 0. The van der Waals surface area contributed by atoms with Crippen LogP contribution in [0, 0.1) is 0 Å². The highest BCUT2D eigenvalue weighted by molar-refractivity contribution is 5.88. The molecule has 2 heterocycles. The summed E-state index contributed by atoms with van der Waals surface area (Å²) in [5, 5.41) is 2.34. The van der Waals surface area contributed by atoms with Crippen LogP contribution >= 0.6 is 0 Å². The van der Waals surface area contributed by atoms with E-state index in [0.29, 0.717) is 0 Å². The lowest BCUT2D eigenvalue weighted by Gasteiger charge is -2.02. The standard InChI is InChI=1S/C11H9NO/c1-2-4-9-8(3-1)7-12-10-5-6-13-11(9)10/h1-4,7H,5-6H2. The van der Waals surface area contributed by atoms with Crippen LogP contribution in [0.2, 0.25) is 0 Å². The molecule has 0 spiro atoms. The maximum Gasteiger partial charge on any atom is 0.148 e. The van der Waals surface area contributed by atoms with E-state index < -0.39 is 0 Å². The summed E-state index contributed by atoms with van der Waals surface area (Å²) in [5.74, 6) is 0.984. The minimum absolute atomic E-state index is 0.774. The SMILES string of the molecule is c1ccc2c3c(ncc2c1)CCO3. The maximum atomic E-state index is 5.55. The third-order valence-corrected chi connectivity index (χ3v) is 2.41. The molecule has 1 aliphatic rings. The Bertz CT molecular complexity index is 465. The number of benzene rings is 1. The van der Waals surface area contributed by atoms with Crippen molar-refractivity contribution in [3.8, 4) is 5.75 Å². The quantitative estimate of drug-likeness (QED) is 0.606. The Kier molecular flexibility index (Phi) is 1.30. The first-order valence-corrected chi connectivity index (χ1v) is 4.44. The molecule has 2 heteroatoms. The van der Waals surface area contributed by atoms with Crippen LogP contribution < -0.4 is 4.74 Å². The van der Waals surface area contributed by atoms with Crippen molar-refractivity contribution in [2.45, 2.75) is 6.42 Å². The molecule has 0 N–H and O–H groups in total. The van der Waals surface area contributed by atoms with E-state index in [0.717, 1.165) is 29.9 Å². The molecule has 0 saturated carbocycles. The van der Waals surface area contributed by atoms with Crippen LogP contribution in [0.1, 0.15) is 5.69 Å². The van der Waals surface area contributed by atoms with E-state index in [2.05, 4.69) is 17.1 Å². The van der Waals surface area contributed by atoms with Crippen LogP contribution in [0.5, 0.6) is 5.75 Å². The van der Waals surface area contributed by atoms with Gasteiger partial charge in [-0.15, -0.1) is 0 Å². The molecule has 3 rings (SSSR count). The highest BCUT2D eigenvalue weighted by Gasteiger charge is 2.15. The second-order valence-corrected chi connectivity index (χ2v) is 3.22. The Morgan fingerprint density at radius 2 is 2.15 bits per heavy atom. The second kappa shape index (κ2) is 2.46. The van der Waals surface area contributed by atoms with E-state index in [1.54, 1.807) is 0 Å². The molecule has 2 aromatic rings. The minimum Gasteiger partial charge on any atom is -0.491 e. The topological polar surface area (TPSA) is 22.1 Å². The lowest BCUT2D eigenvalue weighted by molar-refractivity contribution is 0.360. The number of hydrogen-bond acceptors (Lipinski definition) is 2. The third-order valence-electron chi connectivity index (χ3n) is 2.41. The van der Waals surface area contributed by atoms with Crippen molar-refractivity contribution in [3.63, 3.8) is 0 Å². The van der Waals surface area contributed by atoms with Gasteiger partial charge in [0.1, 0.15) is 5.75 Å². The maximum absolute atomic E-state index is 5.55. The minimum atomic E-state index is 0.774. The Morgan fingerprint density at radius 3 is 3.15 bits per heavy atom. The van der Waals surface area contributed by atoms with E-state index in [9.17, 15) is 0 Å². The zero-order valence-corrected chi connectivity index (χ0v) is 7.16. The van der Waals surface area contributed by atoms with Crippen LogP contribution in [0.15, 0.2) is 30.5 Å². The first kappa shape index (κ1) is 6.89. The molecule has 2 nitrogen and oxygen atoms in total. The Balaban J connectivity index is 2.43. The fourth-order valence-corrected chi connectivity index (χ4v) is 1.77. The number of pyridine rings is 1. The van der Waals surface area contributed by atoms with Crippen LogP contribution in [-0.2, 0) is 6.42 Å². The molecule has 64 valence electrons. The molecule has 1 aromatic heterocycles. The number of rotatable bonds is 0. The monoisotopic (exact) mass is 171 g/mol. The molecule has 1 aromatic carbocycles. The highest BCUT2D eigenvalue weighted by atomic mass is 16.5. The summed E-state index contributed by atoms with van der Waals surface area (Å²) in [6, 6.07) is 8.20. The Hall–Kier alpha value is -1.57. The van der Waals surface area contributed by atoms with Gasteiger partial charge in [-0.25, -0.2) is 0 Å². The van der Waals surface area contributed by atoms with Crippen LogP contribution in [0.25, 0.3) is 10.8 Å². The van der Waals surface area contributed by atoms with Crippen molar-refractivity contribution >= 4 is 10.8 Å². The van der Waals surface area contributed by atoms with Crippen molar-refractivity contribution in [2.24, 2.45) is 0 Å². The number of hydrogen-bond donors (Lipinski definition) is 0. The summed E-state index contributed by atoms with van der Waals surface area (Å²) in [5.41, 5.74) is 1.10. The first-order valence-electron chi connectivity index (χ1n) is 4.44. The molecular formula is C11H9NO. The van der Waals surface area contributed by atoms with Crippen molar-refractivity contribution in [1.29, 1.82) is 0 Å². The predicted octanol–water partition coefficient (Wildman–Crippen LogP) is 2.17. The average molecular weight is 171 g/mol. The molecule has 0 saturated heterocycles. The number of nitrogens with zero attached hydrogens (tertiary/aromatic N) is 1. The molecule has 1 aliphatic heterocycles. The van der Waals surface area contributed by atoms with Crippen molar-refractivity contribution < 1.29 is 4.74 Å². The normalized spacial score (nSPS) is 14.2. The smallest absolute Gasteiger partial charge is 0.148 e. The van der Waals surface area contributed by atoms with Gasteiger partial charge >= 0.3 is 0 Å². The zero-order chi connectivity index (χ0) is 8.67. The third kappa shape index (κ3) is 0.917. The predicted molar refractivity (Wildman–Crippen MR) is 50.9 cm³/mol. The van der Waals surface area contributed by atoms with E-state index in [1.807, 2.05) is 18.3 Å². The molecular weight excluding hydrogens is 162 g/mol. The highest BCUT2D eigenvalue weighted by Crippen LogP contribution is 2.31. The molecule has 0 atom stereocenters. The summed E-state index contributed by atoms with van der Waals surface area (Å²) < 4.78 is 5.55. The Labute approximate surface area is 76.2 Å². The van der Waals surface area contributed by atoms with E-state index in [-0.39, 0.29) is 0 Å². The van der Waals surface area contributed by atoms with Gasteiger partial charge < -0.3 is 4.74 Å². The summed E-state index contributed by atoms with van der Waals surface area (Å²) in [4.78, 5) is 4.36. The van der Waals surface area contributed by atoms with Gasteiger partial charge in [0.25, 0.3) is 0 Å². The van der Waals surface area contributed by atoms with E-state index in [1.165, 1.54) is 5.39 Å². The summed E-state index contributed by atoms with van der Waals surface area (Å²) >= 11 is 0. The number of ether oxygens (including phenoxy) is 1. The summed E-state index contributed by atoms with van der Waals surface area (Å²) in [6.07, 6.45) is 2.86. The lowest BCUT2D eigenvalue weighted by atomic mass is 10.1. The number of aromatic nitrogens is 1. The fourth-order valence-electron chi connectivity index (χ4n) is 1.77. The van der Waals surface area contributed by atoms with Gasteiger partial charge in [-0.1, -0.05) is 24.3 Å². The van der Waals surface area contributed by atoms with Crippen LogP contribution in [-0.4, -0.2) is 11.6 Å². The Morgan fingerprint density at radius 1 is 1.23 bits per heavy atom. The van der Waals surface area contributed by atoms with Gasteiger partial charge in [0.2, 0.25) is 0 Å². The molecule has 0 bridgehead atoms. The first-order chi connectivity index (χ1) is 6.45. The van der Waals surface area contributed by atoms with Crippen LogP contribution in [0.4, 0.5) is 0 Å². The van der Waals surface area contributed by atoms with Gasteiger partial charge in [0.15, 0.2) is 0 Å². The summed E-state index contributed by atoms with van der Waals surface area (Å²) in [6.45, 7) is 0.774. The zero-order valence-electron chi connectivity index (χ0n) is 7.16. The molecule has 13 heavy (non-hydrogen) atoms. The average Bonchev–Trinajstić information content (AvgIpc) is 2.65. The van der Waals surface area contributed by atoms with Crippen molar-refractivity contribution in [2.75, 3.05) is 6.61 Å². The molecule has 0 aliphatic carbocycles. The second-order valence-electron chi connectivity index (χ2n) is 3.22. The van der Waals surface area contributed by atoms with Gasteiger partial charge in [-0.3, -0.25) is 4.98 Å². The van der Waals surface area contributed by atoms with Crippen molar-refractivity contribution in [1.82, 2.24) is 4.98 Å². The molecule has 0 unspecified atom stereocenters. The molecule has 0 radical (unpaired) electrons. The fraction of sp³-hybridized carbons (Fsp3) is 0.182. The van der Waals surface area contributed by atoms with Gasteiger partial charge in [-0.2, -0.15) is 0 Å². The molecule has 0 fully saturated rings. The van der Waals surface area contributed by atoms with Gasteiger partial charge in [0, 0.05) is 23.4 Å². The largest absolute Gasteiger partial charge is 0.491 e. The van der Waals surface area contributed by atoms with E-state index >= 15 is 0 Å². The lowest BCUT2D eigenvalue weighted by Crippen LogP contribution is -1.86. The van der Waals surface area contributed by atoms with Crippen LogP contribution in [0.3, 0.4) is 0 Å². The number of fused-ring (bicyclic) bond motifs is 3. The van der Waals surface area contributed by atoms with E-state index in [4.69, 9.17) is 4.74 Å². The van der Waals surface area contributed by atoms with Gasteiger partial charge in [-0.05, 0) is 0 Å².